The van der Waals surface area contributed by atoms with Crippen LogP contribution in [-0.4, -0.2) is 281 Å². The Balaban J connectivity index is 1.56. The molecule has 0 spiro atoms. The van der Waals surface area contributed by atoms with Crippen molar-refractivity contribution in [3.05, 3.63) is 0 Å². The topological polar surface area (TPSA) is 442 Å². The lowest BCUT2D eigenvalue weighted by molar-refractivity contribution is -0.300. The monoisotopic (exact) mass is 1050 g/mol. The van der Waals surface area contributed by atoms with Gasteiger partial charge in [0, 0.05) is 51.7 Å². The van der Waals surface area contributed by atoms with Gasteiger partial charge in [0.05, 0.1) is 79.3 Å². The highest BCUT2D eigenvalue weighted by atomic mass is 16.7. The minimum absolute atomic E-state index is 0.0131. The number of aliphatic hydroxyl groups excluding tert-OH is 12. The molecule has 3 aliphatic heterocycles. The summed E-state index contributed by atoms with van der Waals surface area (Å²) in [7, 11) is 0. The van der Waals surface area contributed by atoms with Crippen molar-refractivity contribution in [2.45, 2.75) is 136 Å². The van der Waals surface area contributed by atoms with E-state index in [1.54, 1.807) is 0 Å². The maximum Gasteiger partial charge on any atom is 0.222 e. The summed E-state index contributed by atoms with van der Waals surface area (Å²) in [6.07, 6.45) is -16.9. The third-order valence-corrected chi connectivity index (χ3v) is 11.3. The summed E-state index contributed by atoms with van der Waals surface area (Å²) < 4.78 is 49.5. The third kappa shape index (κ3) is 20.7. The Morgan fingerprint density at radius 2 is 0.778 bits per heavy atom. The molecule has 29 nitrogen and oxygen atoms in total. The van der Waals surface area contributed by atoms with Crippen LogP contribution < -0.4 is 21.3 Å². The highest BCUT2D eigenvalue weighted by Crippen LogP contribution is 2.24. The molecular formula is C43H74N4O25. The molecule has 3 saturated heterocycles. The van der Waals surface area contributed by atoms with Gasteiger partial charge in [-0.05, 0) is 6.42 Å². The van der Waals surface area contributed by atoms with Crippen LogP contribution in [0.15, 0.2) is 0 Å². The molecule has 0 radical (unpaired) electrons. The summed E-state index contributed by atoms with van der Waals surface area (Å²) in [4.78, 5) is 51.3. The lowest BCUT2D eigenvalue weighted by Crippen LogP contribution is -2.59. The molecule has 3 heterocycles. The molecule has 0 aromatic heterocycles. The molecule has 29 heteroatoms. The van der Waals surface area contributed by atoms with Gasteiger partial charge in [-0.25, -0.2) is 0 Å². The number of carbonyl (C=O) groups is 4. The number of terminal acetylenes is 1. The van der Waals surface area contributed by atoms with Crippen molar-refractivity contribution in [2.75, 3.05) is 98.9 Å². The number of ether oxygens (including phenoxy) is 9. The van der Waals surface area contributed by atoms with Crippen LogP contribution in [-0.2, 0) is 61.8 Å². The maximum absolute atomic E-state index is 13.2. The Labute approximate surface area is 414 Å². The van der Waals surface area contributed by atoms with Crippen molar-refractivity contribution in [2.24, 2.45) is 0 Å². The summed E-state index contributed by atoms with van der Waals surface area (Å²) in [5.41, 5.74) is -1.48. The molecule has 0 aliphatic carbocycles. The standard InChI is InChI=1S/C43H74N4O25/c1-2-3-4-5-30(54)47-43(21-64-12-6-27(51)44-9-15-67-40-37(61)34(58)31(55)24(18-48)70-40,22-65-13-7-28(52)45-10-16-68-41-38(62)35(59)32(56)25(19-49)71-41)23-66-14-8-29(53)46-11-17-69-42-39(63)36(60)33(57)26(20-50)72-42/h1,24-26,31-42,48-50,55-63H,3-23H2,(H,44,51)(H,45,52)(H,46,53)(H,47,54). The van der Waals surface area contributed by atoms with Gasteiger partial charge in [-0.3, -0.25) is 19.2 Å². The van der Waals surface area contributed by atoms with E-state index in [1.165, 1.54) is 0 Å². The van der Waals surface area contributed by atoms with Crippen LogP contribution in [0.2, 0.25) is 0 Å². The van der Waals surface area contributed by atoms with Crippen LogP contribution in [0.25, 0.3) is 0 Å². The molecule has 15 unspecified atom stereocenters. The molecule has 0 aromatic rings. The van der Waals surface area contributed by atoms with Crippen molar-refractivity contribution in [3.8, 4) is 12.3 Å². The Morgan fingerprint density at radius 1 is 0.458 bits per heavy atom. The molecule has 3 rings (SSSR count). The van der Waals surface area contributed by atoms with Gasteiger partial charge in [0.15, 0.2) is 18.9 Å². The molecule has 0 bridgehead atoms. The third-order valence-electron chi connectivity index (χ3n) is 11.3. The molecule has 416 valence electrons. The van der Waals surface area contributed by atoms with Crippen molar-refractivity contribution in [1.29, 1.82) is 0 Å². The van der Waals surface area contributed by atoms with Gasteiger partial charge in [0.1, 0.15) is 78.8 Å². The zero-order valence-corrected chi connectivity index (χ0v) is 39.8. The van der Waals surface area contributed by atoms with Crippen molar-refractivity contribution in [3.63, 3.8) is 0 Å². The Bertz CT molecular complexity index is 1470. The predicted molar refractivity (Wildman–Crippen MR) is 238 cm³/mol. The minimum Gasteiger partial charge on any atom is -0.394 e. The van der Waals surface area contributed by atoms with E-state index < -0.39 is 141 Å². The van der Waals surface area contributed by atoms with Crippen molar-refractivity contribution < 1.29 is 123 Å². The first kappa shape index (κ1) is 62.9. The van der Waals surface area contributed by atoms with E-state index in [2.05, 4.69) is 27.2 Å². The second kappa shape index (κ2) is 33.5. The highest BCUT2D eigenvalue weighted by molar-refractivity contribution is 5.77. The average molecular weight is 1050 g/mol. The van der Waals surface area contributed by atoms with Crippen LogP contribution in [0.3, 0.4) is 0 Å². The summed E-state index contributed by atoms with van der Waals surface area (Å²) >= 11 is 0. The fraction of sp³-hybridized carbons (Fsp3) is 0.860. The summed E-state index contributed by atoms with van der Waals surface area (Å²) in [5, 5.41) is 129. The number of amides is 4. The smallest absolute Gasteiger partial charge is 0.222 e. The van der Waals surface area contributed by atoms with Gasteiger partial charge >= 0.3 is 0 Å². The van der Waals surface area contributed by atoms with Gasteiger partial charge in [0.25, 0.3) is 0 Å². The molecule has 3 aliphatic rings. The van der Waals surface area contributed by atoms with Gasteiger partial charge in [-0.2, -0.15) is 0 Å². The lowest BCUT2D eigenvalue weighted by atomic mass is 9.99. The van der Waals surface area contributed by atoms with Crippen LogP contribution in [0.5, 0.6) is 0 Å². The van der Waals surface area contributed by atoms with E-state index in [1.807, 2.05) is 0 Å². The Kier molecular flexibility index (Phi) is 29.3. The normalized spacial score (nSPS) is 31.5. The van der Waals surface area contributed by atoms with Gasteiger partial charge in [-0.15, -0.1) is 12.3 Å². The van der Waals surface area contributed by atoms with Gasteiger partial charge in [-0.1, -0.05) is 0 Å². The summed E-state index contributed by atoms with van der Waals surface area (Å²) in [6, 6.07) is 0. The fourth-order valence-electron chi connectivity index (χ4n) is 7.22. The number of nitrogens with one attached hydrogen (secondary N) is 4. The van der Waals surface area contributed by atoms with Crippen LogP contribution >= 0.6 is 0 Å². The van der Waals surface area contributed by atoms with E-state index in [4.69, 9.17) is 49.1 Å². The SMILES string of the molecule is C#CCCCC(=O)NC(COCCC(=O)NCCOC1OC(CO)C(O)C(O)C1O)(COCCC(=O)NCCOC1OC(CO)C(O)C(O)C1O)COCCC(=O)NCCOC1OC(CO)C(O)C(O)C1O. The summed E-state index contributed by atoms with van der Waals surface area (Å²) in [5.74, 6) is 0.463. The first-order chi connectivity index (χ1) is 34.4. The summed E-state index contributed by atoms with van der Waals surface area (Å²) in [6.45, 7) is -4.32. The molecular weight excluding hydrogens is 972 g/mol. The predicted octanol–water partition coefficient (Wildman–Crippen LogP) is -9.34. The molecule has 16 N–H and O–H groups in total. The first-order valence-corrected chi connectivity index (χ1v) is 23.5. The molecule has 72 heavy (non-hydrogen) atoms. The van der Waals surface area contributed by atoms with Gasteiger partial charge in [0.2, 0.25) is 23.6 Å². The minimum atomic E-state index is -1.65. The van der Waals surface area contributed by atoms with Crippen LogP contribution in [0, 0.1) is 12.3 Å². The molecule has 0 aromatic carbocycles. The van der Waals surface area contributed by atoms with E-state index in [9.17, 15) is 80.5 Å². The number of hydrogen-bond donors (Lipinski definition) is 16. The zero-order valence-electron chi connectivity index (χ0n) is 39.8. The van der Waals surface area contributed by atoms with E-state index in [0.717, 1.165) is 0 Å². The Hall–Kier alpha value is -3.40. The van der Waals surface area contributed by atoms with E-state index >= 15 is 0 Å². The number of unbranched alkanes of at least 4 members (excludes halogenated alkanes) is 1. The highest BCUT2D eigenvalue weighted by Gasteiger charge is 2.46. The number of carbonyl (C=O) groups excluding carboxylic acids is 4. The second-order valence-corrected chi connectivity index (χ2v) is 17.0. The molecule has 15 atom stereocenters. The van der Waals surface area contributed by atoms with Crippen molar-refractivity contribution >= 4 is 23.6 Å². The van der Waals surface area contributed by atoms with E-state index in [-0.39, 0.29) is 111 Å². The quantitative estimate of drug-likeness (QED) is 0.0210. The van der Waals surface area contributed by atoms with E-state index in [0.29, 0.717) is 6.42 Å². The lowest BCUT2D eigenvalue weighted by Gasteiger charge is -2.39. The maximum atomic E-state index is 13.2. The second-order valence-electron chi connectivity index (χ2n) is 17.0. The van der Waals surface area contributed by atoms with Gasteiger partial charge < -0.3 is 125 Å². The average Bonchev–Trinajstić information content (AvgIpc) is 3.36. The van der Waals surface area contributed by atoms with Crippen LogP contribution in [0.4, 0.5) is 0 Å². The zero-order chi connectivity index (χ0) is 53.2. The van der Waals surface area contributed by atoms with Crippen LogP contribution in [0.1, 0.15) is 38.5 Å². The Morgan fingerprint density at radius 3 is 1.07 bits per heavy atom. The van der Waals surface area contributed by atoms with Crippen molar-refractivity contribution in [1.82, 2.24) is 21.3 Å². The fourth-order valence-corrected chi connectivity index (χ4v) is 7.22. The molecule has 3 fully saturated rings. The molecule has 0 saturated carbocycles. The first-order valence-electron chi connectivity index (χ1n) is 23.5. The number of aliphatic hydroxyl groups is 12. The number of rotatable bonds is 34. The largest absolute Gasteiger partial charge is 0.394 e. The number of hydrogen-bond acceptors (Lipinski definition) is 25. The molecule has 4 amide bonds.